The van der Waals surface area contributed by atoms with Crippen LogP contribution in [0.5, 0.6) is 0 Å². The molecule has 1 aliphatic heterocycles. The van der Waals surface area contributed by atoms with E-state index in [1.54, 1.807) is 28.0 Å². The summed E-state index contributed by atoms with van der Waals surface area (Å²) < 4.78 is 0. The van der Waals surface area contributed by atoms with Gasteiger partial charge in [-0.25, -0.2) is 0 Å². The first-order chi connectivity index (χ1) is 26.8. The first kappa shape index (κ1) is 44.2. The molecule has 4 rings (SSSR count). The predicted octanol–water partition coefficient (Wildman–Crippen LogP) is 3.65. The molecule has 12 nitrogen and oxygen atoms in total. The molecule has 0 aliphatic carbocycles. The maximum absolute atomic E-state index is 14.0. The van der Waals surface area contributed by atoms with Crippen molar-refractivity contribution in [1.29, 1.82) is 0 Å². The van der Waals surface area contributed by atoms with Crippen molar-refractivity contribution in [2.24, 2.45) is 17.4 Å². The highest BCUT2D eigenvalue weighted by molar-refractivity contribution is 6.42. The number of nitrogens with one attached hydrogen (secondary N) is 3. The van der Waals surface area contributed by atoms with E-state index in [9.17, 15) is 24.0 Å². The van der Waals surface area contributed by atoms with E-state index < -0.39 is 41.9 Å². The first-order valence-electron chi connectivity index (χ1n) is 19.3. The number of carbonyl (C=O) groups is 5. The van der Waals surface area contributed by atoms with Crippen LogP contribution in [0.15, 0.2) is 78.9 Å². The third-order valence-electron chi connectivity index (χ3n) is 9.74. The van der Waals surface area contributed by atoms with E-state index in [1.807, 2.05) is 74.5 Å². The molecule has 0 spiro atoms. The van der Waals surface area contributed by atoms with E-state index in [0.717, 1.165) is 16.7 Å². The minimum absolute atomic E-state index is 0.00779. The Bertz CT molecular complexity index is 1760. The lowest BCUT2D eigenvalue weighted by molar-refractivity contribution is -0.142. The van der Waals surface area contributed by atoms with E-state index in [4.69, 9.17) is 34.7 Å². The van der Waals surface area contributed by atoms with Gasteiger partial charge >= 0.3 is 0 Å². The van der Waals surface area contributed by atoms with E-state index in [1.165, 1.54) is 0 Å². The first-order valence-corrected chi connectivity index (χ1v) is 20.0. The molecule has 5 amide bonds. The predicted molar refractivity (Wildman–Crippen MR) is 220 cm³/mol. The van der Waals surface area contributed by atoms with Crippen LogP contribution < -0.4 is 27.4 Å². The highest BCUT2D eigenvalue weighted by Gasteiger charge is 2.34. The normalized spacial score (nSPS) is 15.1. The zero-order valence-electron chi connectivity index (χ0n) is 32.2. The molecule has 1 fully saturated rings. The maximum atomic E-state index is 14.0. The van der Waals surface area contributed by atoms with E-state index in [2.05, 4.69) is 16.0 Å². The zero-order chi connectivity index (χ0) is 40.6. The topological polar surface area (TPSA) is 180 Å². The molecule has 7 N–H and O–H groups in total. The molecule has 4 atom stereocenters. The van der Waals surface area contributed by atoms with Gasteiger partial charge in [0.1, 0.15) is 18.1 Å². The average molecular weight is 809 g/mol. The van der Waals surface area contributed by atoms with Crippen LogP contribution >= 0.6 is 23.2 Å². The lowest BCUT2D eigenvalue weighted by Crippen LogP contribution is -2.60. The van der Waals surface area contributed by atoms with Gasteiger partial charge in [0.2, 0.25) is 29.5 Å². The molecule has 56 heavy (non-hydrogen) atoms. The quantitative estimate of drug-likeness (QED) is 0.115. The lowest BCUT2D eigenvalue weighted by atomic mass is 9.99. The molecule has 1 saturated heterocycles. The summed E-state index contributed by atoms with van der Waals surface area (Å²) in [5.41, 5.74) is 14.5. The van der Waals surface area contributed by atoms with E-state index in [-0.39, 0.29) is 37.0 Å². The summed E-state index contributed by atoms with van der Waals surface area (Å²) in [6.07, 6.45) is 2.53. The van der Waals surface area contributed by atoms with Gasteiger partial charge in [-0.15, -0.1) is 0 Å². The van der Waals surface area contributed by atoms with Gasteiger partial charge in [-0.05, 0) is 73.4 Å². The molecule has 0 aromatic heterocycles. The van der Waals surface area contributed by atoms with Crippen molar-refractivity contribution in [1.82, 2.24) is 25.8 Å². The van der Waals surface area contributed by atoms with Gasteiger partial charge in [-0.1, -0.05) is 104 Å². The third kappa shape index (κ3) is 13.9. The van der Waals surface area contributed by atoms with E-state index in [0.29, 0.717) is 68.5 Å². The Morgan fingerprint density at radius 3 is 1.80 bits per heavy atom. The van der Waals surface area contributed by atoms with Crippen molar-refractivity contribution in [3.63, 3.8) is 0 Å². The third-order valence-corrected chi connectivity index (χ3v) is 10.5. The monoisotopic (exact) mass is 807 g/mol. The maximum Gasteiger partial charge on any atom is 0.245 e. The van der Waals surface area contributed by atoms with Gasteiger partial charge in [0, 0.05) is 32.6 Å². The molecule has 0 radical (unpaired) electrons. The van der Waals surface area contributed by atoms with Crippen molar-refractivity contribution >= 4 is 52.7 Å². The number of hydrogen-bond acceptors (Lipinski definition) is 7. The lowest BCUT2D eigenvalue weighted by Gasteiger charge is -2.37. The molecule has 0 saturated carbocycles. The Balaban J connectivity index is 1.43. The summed E-state index contributed by atoms with van der Waals surface area (Å²) in [5.74, 6) is -1.87. The van der Waals surface area contributed by atoms with Gasteiger partial charge in [0.25, 0.3) is 0 Å². The minimum atomic E-state index is -1.02. The number of rotatable bonds is 19. The van der Waals surface area contributed by atoms with Crippen LogP contribution in [0.25, 0.3) is 0 Å². The van der Waals surface area contributed by atoms with Crippen LogP contribution in [-0.2, 0) is 43.2 Å². The van der Waals surface area contributed by atoms with Crippen molar-refractivity contribution in [2.45, 2.75) is 83.0 Å². The van der Waals surface area contributed by atoms with Gasteiger partial charge in [-0.2, -0.15) is 0 Å². The van der Waals surface area contributed by atoms with Crippen LogP contribution in [0.3, 0.4) is 0 Å². The molecule has 3 aromatic rings. The van der Waals surface area contributed by atoms with Gasteiger partial charge in [-0.3, -0.25) is 24.0 Å². The van der Waals surface area contributed by atoms with Crippen LogP contribution in [0.4, 0.5) is 0 Å². The Kier molecular flexibility index (Phi) is 17.6. The number of benzene rings is 3. The molecule has 0 unspecified atom stereocenters. The Hall–Kier alpha value is -4.49. The highest BCUT2D eigenvalue weighted by atomic mass is 35.5. The minimum Gasteiger partial charge on any atom is -0.343 e. The summed E-state index contributed by atoms with van der Waals surface area (Å²) >= 11 is 12.2. The van der Waals surface area contributed by atoms with Crippen molar-refractivity contribution in [3.05, 3.63) is 106 Å². The van der Waals surface area contributed by atoms with Gasteiger partial charge < -0.3 is 37.2 Å². The average Bonchev–Trinajstić information content (AvgIpc) is 3.18. The smallest absolute Gasteiger partial charge is 0.245 e. The largest absolute Gasteiger partial charge is 0.343 e. The SMILES string of the molecule is CC(C)C[C@@H](NC(=O)[C@@H](Cc1ccccc1)NC(=O)[C@H](N)Cc1ccccc1)C(=O)N[C@H](CCCCN)C(=O)N1CCN(C(=O)Cc2ccc(Cl)c(Cl)c2)CC1. The van der Waals surface area contributed by atoms with Crippen molar-refractivity contribution in [3.8, 4) is 0 Å². The number of halogens is 2. The summed E-state index contributed by atoms with van der Waals surface area (Å²) in [6.45, 7) is 5.58. The van der Waals surface area contributed by atoms with Crippen LogP contribution in [0, 0.1) is 5.92 Å². The summed E-state index contributed by atoms with van der Waals surface area (Å²) in [4.78, 5) is 71.8. The second-order valence-electron chi connectivity index (χ2n) is 14.7. The number of unbranched alkanes of at least 4 members (excludes halogenated alkanes) is 1. The molecule has 302 valence electrons. The molecule has 1 heterocycles. The Labute approximate surface area is 340 Å². The summed E-state index contributed by atoms with van der Waals surface area (Å²) in [7, 11) is 0. The van der Waals surface area contributed by atoms with Gasteiger partial charge in [0.05, 0.1) is 22.5 Å². The molecule has 14 heteroatoms. The number of hydrogen-bond donors (Lipinski definition) is 5. The summed E-state index contributed by atoms with van der Waals surface area (Å²) in [5, 5.41) is 9.45. The second kappa shape index (κ2) is 22.3. The zero-order valence-corrected chi connectivity index (χ0v) is 33.7. The van der Waals surface area contributed by atoms with Crippen LogP contribution in [-0.4, -0.2) is 96.2 Å². The number of carbonyl (C=O) groups excluding carboxylic acids is 5. The Morgan fingerprint density at radius 2 is 1.21 bits per heavy atom. The molecular formula is C42H55Cl2N7O5. The number of nitrogens with two attached hydrogens (primary N) is 2. The molecule has 0 bridgehead atoms. The van der Waals surface area contributed by atoms with Crippen molar-refractivity contribution < 1.29 is 24.0 Å². The number of piperazine rings is 1. The second-order valence-corrected chi connectivity index (χ2v) is 15.5. The fraction of sp³-hybridized carbons (Fsp3) is 0.452. The number of nitrogens with zero attached hydrogens (tertiary/aromatic N) is 2. The Morgan fingerprint density at radius 1 is 0.661 bits per heavy atom. The van der Waals surface area contributed by atoms with Crippen LogP contribution in [0.1, 0.15) is 56.2 Å². The van der Waals surface area contributed by atoms with Crippen LogP contribution in [0.2, 0.25) is 10.0 Å². The standard InChI is InChI=1S/C42H55Cl2N7O5/c1-28(2)23-36(49-41(55)37(26-30-13-7-4-8-14-30)48-39(53)34(46)25-29-11-5-3-6-12-29)40(54)47-35(15-9-10-18-45)42(56)51-21-19-50(20-22-51)38(52)27-31-16-17-32(43)33(44)24-31/h3-8,11-14,16-17,24,28,34-37H,9-10,15,18-23,25-27,45-46H2,1-2H3,(H,47,54)(H,48,53)(H,49,55)/t34-,35-,36-,37-/m1/s1. The van der Waals surface area contributed by atoms with E-state index >= 15 is 0 Å². The molecule has 1 aliphatic rings. The molecular weight excluding hydrogens is 753 g/mol. The fourth-order valence-electron chi connectivity index (χ4n) is 6.63. The molecule has 3 aromatic carbocycles. The summed E-state index contributed by atoms with van der Waals surface area (Å²) in [6, 6.07) is 20.0. The number of amides is 5. The fourth-order valence-corrected chi connectivity index (χ4v) is 6.95. The highest BCUT2D eigenvalue weighted by Crippen LogP contribution is 2.23. The van der Waals surface area contributed by atoms with Gasteiger partial charge in [0.15, 0.2) is 0 Å². The van der Waals surface area contributed by atoms with Crippen molar-refractivity contribution in [2.75, 3.05) is 32.7 Å².